The van der Waals surface area contributed by atoms with Gasteiger partial charge in [0.1, 0.15) is 5.65 Å². The monoisotopic (exact) mass is 621 g/mol. The average molecular weight is 622 g/mol. The Balaban J connectivity index is 1.34. The Morgan fingerprint density at radius 3 is 2.73 bits per heavy atom. The highest BCUT2D eigenvalue weighted by Crippen LogP contribution is 2.32. The van der Waals surface area contributed by atoms with E-state index in [2.05, 4.69) is 20.6 Å². The molecule has 2 aromatic carbocycles. The number of aromatic amines is 1. The second-order valence-corrected chi connectivity index (χ2v) is 12.3. The summed E-state index contributed by atoms with van der Waals surface area (Å²) < 4.78 is 16.6. The van der Waals surface area contributed by atoms with Gasteiger partial charge < -0.3 is 32.8 Å². The maximum absolute atomic E-state index is 15.1. The molecule has 0 bridgehead atoms. The van der Waals surface area contributed by atoms with Crippen molar-refractivity contribution in [1.29, 1.82) is 5.41 Å². The molecule has 12 heteroatoms. The van der Waals surface area contributed by atoms with Crippen molar-refractivity contribution in [3.63, 3.8) is 0 Å². The Labute approximate surface area is 261 Å². The highest BCUT2D eigenvalue weighted by atomic mass is 35.5. The minimum absolute atomic E-state index is 0.0512. The Hall–Kier alpha value is -3.77. The zero-order valence-electron chi connectivity index (χ0n) is 24.9. The maximum Gasteiger partial charge on any atom is 0.354 e. The molecule has 10 nitrogen and oxygen atoms in total. The van der Waals surface area contributed by atoms with E-state index in [-0.39, 0.29) is 35.1 Å². The number of hydrogen-bond acceptors (Lipinski definition) is 6. The van der Waals surface area contributed by atoms with Gasteiger partial charge in [-0.25, -0.2) is 9.18 Å². The van der Waals surface area contributed by atoms with Crippen LogP contribution in [0.25, 0.3) is 28.0 Å². The summed E-state index contributed by atoms with van der Waals surface area (Å²) in [6, 6.07) is 13.6. The minimum Gasteiger partial charge on any atom is -0.370 e. The molecule has 234 valence electrons. The number of hydrogen-bond donors (Lipinski definition) is 7. The van der Waals surface area contributed by atoms with Gasteiger partial charge in [-0.2, -0.15) is 4.98 Å². The molecule has 10 N–H and O–H groups in total. The lowest BCUT2D eigenvalue weighted by atomic mass is 9.90. The van der Waals surface area contributed by atoms with Gasteiger partial charge in [0.25, 0.3) is 0 Å². The molecule has 1 aliphatic heterocycles. The van der Waals surface area contributed by atoms with Crippen molar-refractivity contribution in [3.8, 4) is 16.9 Å². The fraction of sp³-hybridized carbons (Fsp3) is 0.406. The smallest absolute Gasteiger partial charge is 0.354 e. The quantitative estimate of drug-likeness (QED) is 0.0968. The van der Waals surface area contributed by atoms with Gasteiger partial charge in [-0.15, -0.1) is 0 Å². The summed E-state index contributed by atoms with van der Waals surface area (Å²) >= 11 is 6.26. The number of rotatable bonds is 11. The third-order valence-corrected chi connectivity index (χ3v) is 8.56. The highest BCUT2D eigenvalue weighted by Gasteiger charge is 2.25. The van der Waals surface area contributed by atoms with Crippen molar-refractivity contribution < 1.29 is 4.39 Å². The second-order valence-electron chi connectivity index (χ2n) is 11.9. The topological polar surface area (TPSA) is 177 Å². The minimum atomic E-state index is -0.521. The number of nitrogens with one attached hydrogen (secondary N) is 4. The Kier molecular flexibility index (Phi) is 10.00. The highest BCUT2D eigenvalue weighted by molar-refractivity contribution is 6.31. The van der Waals surface area contributed by atoms with Crippen LogP contribution in [0.15, 0.2) is 53.5 Å². The van der Waals surface area contributed by atoms with Crippen molar-refractivity contribution in [3.05, 3.63) is 81.1 Å². The first-order valence-corrected chi connectivity index (χ1v) is 15.5. The molecule has 0 aliphatic carbocycles. The van der Waals surface area contributed by atoms with E-state index in [0.29, 0.717) is 34.5 Å². The van der Waals surface area contributed by atoms with Gasteiger partial charge in [0.2, 0.25) is 0 Å². The van der Waals surface area contributed by atoms with Crippen LogP contribution in [-0.2, 0) is 6.42 Å². The van der Waals surface area contributed by atoms with Crippen molar-refractivity contribution in [2.24, 2.45) is 17.2 Å². The second kappa shape index (κ2) is 13.9. The zero-order valence-corrected chi connectivity index (χ0v) is 25.6. The number of fused-ring (bicyclic) bond motifs is 1. The van der Waals surface area contributed by atoms with Crippen LogP contribution in [0.5, 0.6) is 0 Å². The number of nitrogens with zero attached hydrogens (tertiary/aromatic N) is 2. The van der Waals surface area contributed by atoms with Gasteiger partial charge in [0.15, 0.2) is 11.8 Å². The SMILES string of the molecule is C[C@H](N)CCCc1cc(Cl)c(F)c(-c2cc3cn(-c4ccc([C@@H]5CCC[C@@H](C[C@@H](CN)NC(=N)N)N5)cc4)c(=O)nc3[nH]2)c1. The number of halogens is 2. The largest absolute Gasteiger partial charge is 0.370 e. The molecule has 5 rings (SSSR count). The van der Waals surface area contributed by atoms with Gasteiger partial charge in [-0.3, -0.25) is 9.98 Å². The first kappa shape index (κ1) is 31.6. The number of benzene rings is 2. The number of aromatic nitrogens is 3. The van der Waals surface area contributed by atoms with Crippen LogP contribution >= 0.6 is 11.6 Å². The van der Waals surface area contributed by atoms with Crippen LogP contribution in [0.3, 0.4) is 0 Å². The predicted octanol–water partition coefficient (Wildman–Crippen LogP) is 4.23. The number of H-pyrrole nitrogens is 1. The van der Waals surface area contributed by atoms with E-state index in [1.54, 1.807) is 24.4 Å². The molecule has 1 fully saturated rings. The summed E-state index contributed by atoms with van der Waals surface area (Å²) in [7, 11) is 0. The van der Waals surface area contributed by atoms with Crippen LogP contribution in [0.1, 0.15) is 62.6 Å². The van der Waals surface area contributed by atoms with Crippen molar-refractivity contribution in [2.75, 3.05) is 6.54 Å². The van der Waals surface area contributed by atoms with Gasteiger partial charge in [-0.1, -0.05) is 30.2 Å². The summed E-state index contributed by atoms with van der Waals surface area (Å²) in [5, 5.41) is 14.9. The fourth-order valence-corrected chi connectivity index (χ4v) is 6.29. The molecule has 44 heavy (non-hydrogen) atoms. The number of nitrogens with two attached hydrogens (primary N) is 3. The third kappa shape index (κ3) is 7.47. The van der Waals surface area contributed by atoms with Crippen LogP contribution < -0.4 is 33.5 Å². The first-order valence-electron chi connectivity index (χ1n) is 15.1. The van der Waals surface area contributed by atoms with E-state index in [4.69, 9.17) is 34.2 Å². The predicted molar refractivity (Wildman–Crippen MR) is 175 cm³/mol. The Morgan fingerprint density at radius 1 is 1.25 bits per heavy atom. The summed E-state index contributed by atoms with van der Waals surface area (Å²) in [4.78, 5) is 20.4. The normalized spacial score (nSPS) is 18.3. The van der Waals surface area contributed by atoms with E-state index < -0.39 is 11.5 Å². The molecule has 0 unspecified atom stereocenters. The van der Waals surface area contributed by atoms with Gasteiger partial charge >= 0.3 is 5.69 Å². The molecule has 0 saturated carbocycles. The summed E-state index contributed by atoms with van der Waals surface area (Å²) in [5.41, 5.74) is 20.8. The molecule has 0 spiro atoms. The molecule has 3 heterocycles. The zero-order chi connectivity index (χ0) is 31.4. The molecular formula is C32H41ClFN9O. The van der Waals surface area contributed by atoms with Crippen LogP contribution in [0, 0.1) is 11.2 Å². The lowest BCUT2D eigenvalue weighted by Crippen LogP contribution is -2.48. The van der Waals surface area contributed by atoms with Crippen molar-refractivity contribution in [1.82, 2.24) is 25.2 Å². The average Bonchev–Trinajstić information content (AvgIpc) is 3.40. The molecule has 4 aromatic rings. The molecule has 0 radical (unpaired) electrons. The number of aryl methyl sites for hydroxylation is 1. The molecule has 1 aliphatic rings. The van der Waals surface area contributed by atoms with Crippen LogP contribution in [0.2, 0.25) is 5.02 Å². The number of piperidine rings is 1. The lowest BCUT2D eigenvalue weighted by Gasteiger charge is -2.33. The Morgan fingerprint density at radius 2 is 2.02 bits per heavy atom. The summed E-state index contributed by atoms with van der Waals surface area (Å²) in [6.45, 7) is 2.36. The number of guanidine groups is 1. The standard InChI is InChI=1S/C32H41ClFN9O/c1-18(36)4-2-5-19-12-25(29(34)26(33)13-19)28-14-21-17-43(32(44)42-30(21)41-28)24-10-8-20(9-11-24)27-7-3-6-22(39-27)15-23(16-35)40-31(37)38/h8-14,17-18,22-23,27,39H,2-7,15-16,35-36H2,1H3,(H4,37,38,40)(H,41,42,44)/t18-,22-,23-,27-/m0/s1. The molecule has 2 aromatic heterocycles. The van der Waals surface area contributed by atoms with E-state index in [1.165, 1.54) is 4.57 Å². The van der Waals surface area contributed by atoms with Gasteiger partial charge in [0.05, 0.1) is 16.4 Å². The third-order valence-electron chi connectivity index (χ3n) is 8.28. The maximum atomic E-state index is 15.1. The van der Waals surface area contributed by atoms with E-state index >= 15 is 4.39 Å². The van der Waals surface area contributed by atoms with Crippen molar-refractivity contribution >= 4 is 28.6 Å². The summed E-state index contributed by atoms with van der Waals surface area (Å²) in [6.07, 6.45) is 8.05. The van der Waals surface area contributed by atoms with E-state index in [0.717, 1.165) is 56.1 Å². The fourth-order valence-electron chi connectivity index (χ4n) is 6.05. The molecule has 1 saturated heterocycles. The van der Waals surface area contributed by atoms with Gasteiger partial charge in [-0.05, 0) is 86.9 Å². The summed E-state index contributed by atoms with van der Waals surface area (Å²) in [5.74, 6) is -0.594. The first-order chi connectivity index (χ1) is 21.1. The Bertz CT molecular complexity index is 1670. The molecule has 0 amide bonds. The van der Waals surface area contributed by atoms with E-state index in [1.807, 2.05) is 31.2 Å². The van der Waals surface area contributed by atoms with Crippen LogP contribution in [0.4, 0.5) is 4.39 Å². The van der Waals surface area contributed by atoms with Crippen LogP contribution in [-0.4, -0.2) is 45.2 Å². The van der Waals surface area contributed by atoms with E-state index in [9.17, 15) is 4.79 Å². The lowest BCUT2D eigenvalue weighted by molar-refractivity contribution is 0.294. The molecular weight excluding hydrogens is 581 g/mol. The molecule has 4 atom stereocenters. The van der Waals surface area contributed by atoms with Gasteiger partial charge in [0, 0.05) is 47.9 Å². The van der Waals surface area contributed by atoms with Crippen molar-refractivity contribution in [2.45, 2.75) is 76.0 Å².